The third-order valence-electron chi connectivity index (χ3n) is 5.59. The van der Waals surface area contributed by atoms with Crippen LogP contribution in [0.5, 0.6) is 5.88 Å². The molecular formula is C23H28F2N6O2. The number of hydrogen-bond donors (Lipinski definition) is 1. The Hall–Kier alpha value is -3.14. The molecule has 1 aliphatic rings. The van der Waals surface area contributed by atoms with Crippen LogP contribution in [0.25, 0.3) is 22.2 Å². The van der Waals surface area contributed by atoms with E-state index in [2.05, 4.69) is 25.2 Å². The van der Waals surface area contributed by atoms with E-state index in [0.717, 1.165) is 30.8 Å². The molecule has 1 saturated heterocycles. The van der Waals surface area contributed by atoms with Crippen LogP contribution in [0.15, 0.2) is 24.5 Å². The topological polar surface area (TPSA) is 85.2 Å². The van der Waals surface area contributed by atoms with E-state index >= 15 is 0 Å². The van der Waals surface area contributed by atoms with Crippen molar-refractivity contribution in [3.63, 3.8) is 0 Å². The molecule has 8 nitrogen and oxygen atoms in total. The van der Waals surface area contributed by atoms with E-state index in [0.29, 0.717) is 23.6 Å². The Morgan fingerprint density at radius 3 is 2.67 bits per heavy atom. The van der Waals surface area contributed by atoms with E-state index in [1.54, 1.807) is 18.3 Å². The van der Waals surface area contributed by atoms with Crippen molar-refractivity contribution in [3.05, 3.63) is 30.4 Å². The molecule has 1 unspecified atom stereocenters. The second-order valence-electron chi connectivity index (χ2n) is 8.91. The number of carbonyl (C=O) groups is 1. The standard InChI is InChI=1S/C23H28F2N6O2/c1-13(2)31-12-17(16-8-20(27-14(3)32)26-10-19(16)31)18-9-21(29-22(28-18)23(4,24)25)33-15-6-7-30(5)11-15/h8-10,12-13,15H,6-7,11H2,1-5H3,(H,26,27,32). The molecule has 0 aromatic carbocycles. The number of carbonyl (C=O) groups excluding carboxylic acids is 1. The molecule has 10 heteroatoms. The molecule has 0 aliphatic carbocycles. The summed E-state index contributed by atoms with van der Waals surface area (Å²) in [6, 6.07) is 3.42. The number of amides is 1. The molecule has 33 heavy (non-hydrogen) atoms. The lowest BCUT2D eigenvalue weighted by atomic mass is 10.1. The van der Waals surface area contributed by atoms with Gasteiger partial charge in [-0.3, -0.25) is 4.79 Å². The van der Waals surface area contributed by atoms with Crippen LogP contribution in [0.2, 0.25) is 0 Å². The molecule has 1 fully saturated rings. The number of likely N-dealkylation sites (N-methyl/N-ethyl adjacent to an activating group) is 1. The summed E-state index contributed by atoms with van der Waals surface area (Å²) in [5.41, 5.74) is 1.76. The molecule has 1 N–H and O–H groups in total. The molecule has 1 aliphatic heterocycles. The highest BCUT2D eigenvalue weighted by Crippen LogP contribution is 2.36. The third kappa shape index (κ3) is 4.95. The van der Waals surface area contributed by atoms with Gasteiger partial charge >= 0.3 is 5.92 Å². The number of hydrogen-bond acceptors (Lipinski definition) is 6. The van der Waals surface area contributed by atoms with Crippen LogP contribution in [-0.2, 0) is 10.7 Å². The normalized spacial score (nSPS) is 17.2. The Kier molecular flexibility index (Phi) is 6.04. The van der Waals surface area contributed by atoms with Gasteiger partial charge in [0.15, 0.2) is 0 Å². The van der Waals surface area contributed by atoms with Crippen molar-refractivity contribution in [1.82, 2.24) is 24.4 Å². The van der Waals surface area contributed by atoms with Crippen LogP contribution in [0.1, 0.15) is 46.0 Å². The molecule has 1 atom stereocenters. The average Bonchev–Trinajstić information content (AvgIpc) is 3.29. The van der Waals surface area contributed by atoms with Crippen LogP contribution >= 0.6 is 0 Å². The first-order valence-corrected chi connectivity index (χ1v) is 10.9. The predicted octanol–water partition coefficient (Wildman–Crippen LogP) is 4.23. The van der Waals surface area contributed by atoms with Crippen molar-refractivity contribution in [2.45, 2.75) is 52.2 Å². The fraction of sp³-hybridized carbons (Fsp3) is 0.478. The van der Waals surface area contributed by atoms with Gasteiger partial charge in [-0.2, -0.15) is 13.8 Å². The SMILES string of the molecule is CC(=O)Nc1cc2c(-c3cc(OC4CCN(C)C4)nc(C(C)(F)F)n3)cn(C(C)C)c2cn1. The lowest BCUT2D eigenvalue weighted by Crippen LogP contribution is -2.23. The summed E-state index contributed by atoms with van der Waals surface area (Å²) in [4.78, 5) is 26.2. The zero-order valence-electron chi connectivity index (χ0n) is 19.4. The molecular weight excluding hydrogens is 430 g/mol. The summed E-state index contributed by atoms with van der Waals surface area (Å²) in [6.07, 6.45) is 4.20. The largest absolute Gasteiger partial charge is 0.473 e. The quantitative estimate of drug-likeness (QED) is 0.595. The lowest BCUT2D eigenvalue weighted by Gasteiger charge is -2.16. The summed E-state index contributed by atoms with van der Waals surface area (Å²) in [5, 5.41) is 3.41. The van der Waals surface area contributed by atoms with E-state index in [4.69, 9.17) is 4.74 Å². The number of anilines is 1. The Morgan fingerprint density at radius 1 is 1.30 bits per heavy atom. The predicted molar refractivity (Wildman–Crippen MR) is 122 cm³/mol. The molecule has 3 aromatic rings. The van der Waals surface area contributed by atoms with E-state index in [1.807, 2.05) is 31.7 Å². The van der Waals surface area contributed by atoms with Gasteiger partial charge in [0, 0.05) is 56.2 Å². The second-order valence-corrected chi connectivity index (χ2v) is 8.91. The van der Waals surface area contributed by atoms with Crippen LogP contribution in [0.4, 0.5) is 14.6 Å². The maximum Gasteiger partial charge on any atom is 0.303 e. The van der Waals surface area contributed by atoms with Crippen molar-refractivity contribution in [3.8, 4) is 17.1 Å². The minimum Gasteiger partial charge on any atom is -0.473 e. The number of halogens is 2. The van der Waals surface area contributed by atoms with Crippen molar-refractivity contribution in [1.29, 1.82) is 0 Å². The fourth-order valence-corrected chi connectivity index (χ4v) is 4.01. The second kappa shape index (κ2) is 8.66. The van der Waals surface area contributed by atoms with E-state index < -0.39 is 11.7 Å². The summed E-state index contributed by atoms with van der Waals surface area (Å²) < 4.78 is 36.6. The number of nitrogens with zero attached hydrogens (tertiary/aromatic N) is 5. The van der Waals surface area contributed by atoms with Gasteiger partial charge in [0.25, 0.3) is 0 Å². The molecule has 0 spiro atoms. The van der Waals surface area contributed by atoms with Crippen LogP contribution < -0.4 is 10.1 Å². The molecule has 3 aromatic heterocycles. The Morgan fingerprint density at radius 2 is 2.06 bits per heavy atom. The van der Waals surface area contributed by atoms with Crippen molar-refractivity contribution in [2.75, 3.05) is 25.5 Å². The number of pyridine rings is 1. The minimum atomic E-state index is -3.24. The number of nitrogens with one attached hydrogen (secondary N) is 1. The highest BCUT2D eigenvalue weighted by atomic mass is 19.3. The number of likely N-dealkylation sites (tertiary alicyclic amines) is 1. The minimum absolute atomic E-state index is 0.0911. The fourth-order valence-electron chi connectivity index (χ4n) is 4.01. The Bertz CT molecular complexity index is 1190. The first-order chi connectivity index (χ1) is 15.5. The van der Waals surface area contributed by atoms with E-state index in [-0.39, 0.29) is 23.9 Å². The number of alkyl halides is 2. The Labute approximate surface area is 191 Å². The zero-order valence-corrected chi connectivity index (χ0v) is 19.4. The molecule has 4 heterocycles. The monoisotopic (exact) mass is 458 g/mol. The maximum atomic E-state index is 14.3. The smallest absolute Gasteiger partial charge is 0.303 e. The number of fused-ring (bicyclic) bond motifs is 1. The van der Waals surface area contributed by atoms with Gasteiger partial charge in [-0.25, -0.2) is 9.97 Å². The van der Waals surface area contributed by atoms with Gasteiger partial charge in [0.1, 0.15) is 11.9 Å². The highest BCUT2D eigenvalue weighted by Gasteiger charge is 2.31. The number of aromatic nitrogens is 4. The van der Waals surface area contributed by atoms with Crippen molar-refractivity contribution >= 4 is 22.6 Å². The van der Waals surface area contributed by atoms with Gasteiger partial charge < -0.3 is 19.5 Å². The first kappa shape index (κ1) is 23.0. The van der Waals surface area contributed by atoms with Crippen molar-refractivity contribution in [2.24, 2.45) is 0 Å². The molecule has 0 bridgehead atoms. The average molecular weight is 459 g/mol. The van der Waals surface area contributed by atoms with Gasteiger partial charge in [0.05, 0.1) is 17.4 Å². The lowest BCUT2D eigenvalue weighted by molar-refractivity contribution is -0.114. The number of ether oxygens (including phenoxy) is 1. The summed E-state index contributed by atoms with van der Waals surface area (Å²) >= 11 is 0. The number of rotatable bonds is 6. The molecule has 176 valence electrons. The summed E-state index contributed by atoms with van der Waals surface area (Å²) in [5.74, 6) is -3.58. The van der Waals surface area contributed by atoms with Crippen LogP contribution in [0, 0.1) is 0 Å². The van der Waals surface area contributed by atoms with Gasteiger partial charge in [0.2, 0.25) is 17.6 Å². The molecule has 4 rings (SSSR count). The van der Waals surface area contributed by atoms with Gasteiger partial charge in [-0.15, -0.1) is 0 Å². The van der Waals surface area contributed by atoms with Gasteiger partial charge in [-0.1, -0.05) is 0 Å². The maximum absolute atomic E-state index is 14.3. The zero-order chi connectivity index (χ0) is 23.9. The van der Waals surface area contributed by atoms with E-state index in [1.165, 1.54) is 6.92 Å². The van der Waals surface area contributed by atoms with Crippen LogP contribution in [-0.4, -0.2) is 56.6 Å². The Balaban J connectivity index is 1.86. The van der Waals surface area contributed by atoms with Crippen LogP contribution in [0.3, 0.4) is 0 Å². The summed E-state index contributed by atoms with van der Waals surface area (Å²) in [6.45, 7) is 7.78. The molecule has 0 saturated carbocycles. The summed E-state index contributed by atoms with van der Waals surface area (Å²) in [7, 11) is 1.99. The van der Waals surface area contributed by atoms with Gasteiger partial charge in [-0.05, 0) is 33.4 Å². The molecule has 1 amide bonds. The third-order valence-corrected chi connectivity index (χ3v) is 5.59. The van der Waals surface area contributed by atoms with Crippen molar-refractivity contribution < 1.29 is 18.3 Å². The first-order valence-electron chi connectivity index (χ1n) is 10.9. The van der Waals surface area contributed by atoms with E-state index in [9.17, 15) is 13.6 Å². The molecule has 0 radical (unpaired) electrons. The highest BCUT2D eigenvalue weighted by molar-refractivity contribution is 5.98.